The summed E-state index contributed by atoms with van der Waals surface area (Å²) in [5, 5.41) is 1.26. The average molecular weight is 244 g/mol. The summed E-state index contributed by atoms with van der Waals surface area (Å²) >= 11 is 0. The Morgan fingerprint density at radius 1 is 1.11 bits per heavy atom. The first-order chi connectivity index (χ1) is 8.34. The van der Waals surface area contributed by atoms with Crippen molar-refractivity contribution in [3.05, 3.63) is 47.0 Å². The lowest BCUT2D eigenvalue weighted by molar-refractivity contribution is 0.577. The third-order valence-electron chi connectivity index (χ3n) is 2.98. The van der Waals surface area contributed by atoms with Gasteiger partial charge in [-0.3, -0.25) is 0 Å². The van der Waals surface area contributed by atoms with Crippen molar-refractivity contribution in [3.63, 3.8) is 0 Å². The molecular weight excluding hydrogens is 230 g/mol. The Balaban J connectivity index is 3.02. The van der Waals surface area contributed by atoms with Crippen LogP contribution in [0.1, 0.15) is 31.9 Å². The maximum Gasteiger partial charge on any atom is 0.139 e. The lowest BCUT2D eigenvalue weighted by atomic mass is 9.82. The normalized spacial score (nSPS) is 11.6. The fourth-order valence-electron chi connectivity index (χ4n) is 2.14. The Labute approximate surface area is 106 Å². The predicted molar refractivity (Wildman–Crippen MR) is 70.5 cm³/mol. The van der Waals surface area contributed by atoms with E-state index in [2.05, 4.69) is 5.92 Å². The highest BCUT2D eigenvalue weighted by Crippen LogP contribution is 2.33. The molecule has 0 bridgehead atoms. The minimum atomic E-state index is -0.442. The standard InChI is InChI=1S/C16H14F2/c1-5-12-14(18)7-6-10-8-11(17)9-13(15(10)12)16(2,3)4/h1,6-9H,2-4H3. The number of halogens is 2. The largest absolute Gasteiger partial charge is 0.207 e. The molecule has 0 radical (unpaired) electrons. The van der Waals surface area contributed by atoms with Crippen LogP contribution in [0.25, 0.3) is 10.8 Å². The van der Waals surface area contributed by atoms with Gasteiger partial charge in [-0.15, -0.1) is 6.42 Å². The molecule has 0 aliphatic carbocycles. The maximum absolute atomic E-state index is 13.8. The van der Waals surface area contributed by atoms with Crippen LogP contribution in [0.15, 0.2) is 24.3 Å². The highest BCUT2D eigenvalue weighted by molar-refractivity contribution is 5.92. The summed E-state index contributed by atoms with van der Waals surface area (Å²) < 4.78 is 27.4. The Hall–Kier alpha value is -1.88. The topological polar surface area (TPSA) is 0 Å². The molecule has 0 fully saturated rings. The fraction of sp³-hybridized carbons (Fsp3) is 0.250. The summed E-state index contributed by atoms with van der Waals surface area (Å²) in [5.74, 6) is 1.60. The monoisotopic (exact) mass is 244 g/mol. The molecule has 0 saturated heterocycles. The van der Waals surface area contributed by atoms with E-state index in [0.717, 1.165) is 5.56 Å². The fourth-order valence-corrected chi connectivity index (χ4v) is 2.14. The smallest absolute Gasteiger partial charge is 0.139 e. The van der Waals surface area contributed by atoms with Crippen LogP contribution in [0.2, 0.25) is 0 Å². The van der Waals surface area contributed by atoms with E-state index in [9.17, 15) is 8.78 Å². The third-order valence-corrected chi connectivity index (χ3v) is 2.98. The average Bonchev–Trinajstić information content (AvgIpc) is 2.27. The van der Waals surface area contributed by atoms with Crippen LogP contribution in [-0.4, -0.2) is 0 Å². The molecule has 0 amide bonds. The van der Waals surface area contributed by atoms with Crippen LogP contribution in [0, 0.1) is 24.0 Å². The zero-order valence-electron chi connectivity index (χ0n) is 10.6. The van der Waals surface area contributed by atoms with Crippen molar-refractivity contribution in [2.45, 2.75) is 26.2 Å². The van der Waals surface area contributed by atoms with Gasteiger partial charge in [-0.1, -0.05) is 32.8 Å². The minimum Gasteiger partial charge on any atom is -0.207 e. The summed E-state index contributed by atoms with van der Waals surface area (Å²) in [6.45, 7) is 5.85. The van der Waals surface area contributed by atoms with Crippen molar-refractivity contribution in [1.82, 2.24) is 0 Å². The molecule has 0 heterocycles. The first-order valence-corrected chi connectivity index (χ1v) is 5.73. The van der Waals surface area contributed by atoms with Gasteiger partial charge in [0.25, 0.3) is 0 Å². The van der Waals surface area contributed by atoms with Gasteiger partial charge in [-0.2, -0.15) is 0 Å². The van der Waals surface area contributed by atoms with E-state index in [1.807, 2.05) is 20.8 Å². The molecule has 0 aliphatic heterocycles. The number of fused-ring (bicyclic) bond motifs is 1. The summed E-state index contributed by atoms with van der Waals surface area (Å²) in [4.78, 5) is 0. The highest BCUT2D eigenvalue weighted by atomic mass is 19.1. The van der Waals surface area contributed by atoms with Gasteiger partial charge in [0.15, 0.2) is 0 Å². The van der Waals surface area contributed by atoms with Crippen LogP contribution in [0.5, 0.6) is 0 Å². The van der Waals surface area contributed by atoms with Gasteiger partial charge in [0.05, 0.1) is 5.56 Å². The zero-order valence-corrected chi connectivity index (χ0v) is 10.6. The van der Waals surface area contributed by atoms with E-state index < -0.39 is 5.82 Å². The predicted octanol–water partition coefficient (Wildman–Crippen LogP) is 4.40. The summed E-state index contributed by atoms with van der Waals surface area (Å²) in [6, 6.07) is 5.65. The molecule has 18 heavy (non-hydrogen) atoms. The molecule has 0 spiro atoms. The molecule has 0 aromatic heterocycles. The second-order valence-corrected chi connectivity index (χ2v) is 5.37. The summed E-state index contributed by atoms with van der Waals surface area (Å²) in [6.07, 6.45) is 5.38. The molecule has 0 unspecified atom stereocenters. The van der Waals surface area contributed by atoms with Crippen molar-refractivity contribution in [2.75, 3.05) is 0 Å². The Morgan fingerprint density at radius 3 is 2.33 bits per heavy atom. The Morgan fingerprint density at radius 2 is 1.78 bits per heavy atom. The molecule has 0 nitrogen and oxygen atoms in total. The van der Waals surface area contributed by atoms with E-state index in [-0.39, 0.29) is 16.8 Å². The van der Waals surface area contributed by atoms with Crippen LogP contribution >= 0.6 is 0 Å². The number of rotatable bonds is 0. The van der Waals surface area contributed by atoms with Gasteiger partial charge >= 0.3 is 0 Å². The van der Waals surface area contributed by atoms with Crippen molar-refractivity contribution in [1.29, 1.82) is 0 Å². The second-order valence-electron chi connectivity index (χ2n) is 5.37. The van der Waals surface area contributed by atoms with Crippen molar-refractivity contribution < 1.29 is 8.78 Å². The molecule has 0 aliphatic rings. The number of terminal acetylenes is 1. The van der Waals surface area contributed by atoms with E-state index in [1.54, 1.807) is 6.07 Å². The van der Waals surface area contributed by atoms with E-state index in [1.165, 1.54) is 18.2 Å². The Kier molecular flexibility index (Phi) is 2.86. The van der Waals surface area contributed by atoms with Gasteiger partial charge in [0, 0.05) is 5.39 Å². The first-order valence-electron chi connectivity index (χ1n) is 5.73. The van der Waals surface area contributed by atoms with E-state index in [0.29, 0.717) is 10.8 Å². The summed E-state index contributed by atoms with van der Waals surface area (Å²) in [5.41, 5.74) is 0.627. The third kappa shape index (κ3) is 1.97. The van der Waals surface area contributed by atoms with Crippen LogP contribution in [0.4, 0.5) is 8.78 Å². The molecule has 0 N–H and O–H groups in total. The van der Waals surface area contributed by atoms with Gasteiger partial charge < -0.3 is 0 Å². The first kappa shape index (κ1) is 12.6. The van der Waals surface area contributed by atoms with Gasteiger partial charge in [-0.25, -0.2) is 8.78 Å². The van der Waals surface area contributed by atoms with E-state index in [4.69, 9.17) is 6.42 Å². The van der Waals surface area contributed by atoms with Crippen molar-refractivity contribution in [2.24, 2.45) is 0 Å². The van der Waals surface area contributed by atoms with Crippen molar-refractivity contribution >= 4 is 10.8 Å². The molecular formula is C16H14F2. The molecule has 2 rings (SSSR count). The van der Waals surface area contributed by atoms with Gasteiger partial charge in [0.2, 0.25) is 0 Å². The van der Waals surface area contributed by atoms with E-state index >= 15 is 0 Å². The van der Waals surface area contributed by atoms with Gasteiger partial charge in [-0.05, 0) is 34.6 Å². The highest BCUT2D eigenvalue weighted by Gasteiger charge is 2.21. The quantitative estimate of drug-likeness (QED) is 0.603. The molecule has 2 heteroatoms. The maximum atomic E-state index is 13.8. The molecule has 2 aromatic carbocycles. The molecule has 0 saturated carbocycles. The van der Waals surface area contributed by atoms with Crippen LogP contribution in [0.3, 0.4) is 0 Å². The zero-order chi connectivity index (χ0) is 13.5. The minimum absolute atomic E-state index is 0.206. The SMILES string of the molecule is C#Cc1c(F)ccc2cc(F)cc(C(C)(C)C)c12. The molecule has 92 valence electrons. The molecule has 0 atom stereocenters. The lowest BCUT2D eigenvalue weighted by Crippen LogP contribution is -2.13. The van der Waals surface area contributed by atoms with Gasteiger partial charge in [0.1, 0.15) is 11.6 Å². The number of hydrogen-bond donors (Lipinski definition) is 0. The number of hydrogen-bond acceptors (Lipinski definition) is 0. The van der Waals surface area contributed by atoms with Crippen LogP contribution in [-0.2, 0) is 5.41 Å². The lowest BCUT2D eigenvalue weighted by Gasteiger charge is -2.22. The number of benzene rings is 2. The second kappa shape index (κ2) is 4.10. The van der Waals surface area contributed by atoms with Crippen molar-refractivity contribution in [3.8, 4) is 12.3 Å². The Bertz CT molecular complexity index is 655. The summed E-state index contributed by atoms with van der Waals surface area (Å²) in [7, 11) is 0. The molecule has 2 aromatic rings. The van der Waals surface area contributed by atoms with Crippen LogP contribution < -0.4 is 0 Å².